The van der Waals surface area contributed by atoms with E-state index in [-0.39, 0.29) is 5.41 Å². The molecular formula is C13H20O. The van der Waals surface area contributed by atoms with E-state index < -0.39 is 0 Å². The molecule has 0 aliphatic heterocycles. The molecule has 2 rings (SSSR count). The number of allylic oxidation sites excluding steroid dienone is 1. The van der Waals surface area contributed by atoms with Gasteiger partial charge in [-0.15, -0.1) is 0 Å². The average molecular weight is 192 g/mol. The van der Waals surface area contributed by atoms with Gasteiger partial charge in [-0.05, 0) is 48.5 Å². The molecule has 2 aliphatic carbocycles. The monoisotopic (exact) mass is 192 g/mol. The molecule has 0 aromatic carbocycles. The Morgan fingerprint density at radius 2 is 1.64 bits per heavy atom. The van der Waals surface area contributed by atoms with Crippen molar-refractivity contribution in [1.82, 2.24) is 0 Å². The summed E-state index contributed by atoms with van der Waals surface area (Å²) in [7, 11) is 0. The molecular weight excluding hydrogens is 172 g/mol. The van der Waals surface area contributed by atoms with Gasteiger partial charge in [0.15, 0.2) is 5.78 Å². The van der Waals surface area contributed by atoms with Crippen LogP contribution in [0.4, 0.5) is 0 Å². The van der Waals surface area contributed by atoms with Crippen LogP contribution in [0, 0.1) is 10.8 Å². The van der Waals surface area contributed by atoms with Crippen LogP contribution in [0.3, 0.4) is 0 Å². The molecule has 0 unspecified atom stereocenters. The summed E-state index contributed by atoms with van der Waals surface area (Å²) in [6, 6.07) is 0. The minimum atomic E-state index is 0.215. The van der Waals surface area contributed by atoms with Crippen molar-refractivity contribution in [3.05, 3.63) is 12.2 Å². The van der Waals surface area contributed by atoms with E-state index in [0.29, 0.717) is 11.2 Å². The molecule has 0 heterocycles. The Kier molecular flexibility index (Phi) is 2.09. The van der Waals surface area contributed by atoms with E-state index in [1.54, 1.807) is 0 Å². The highest BCUT2D eigenvalue weighted by molar-refractivity contribution is 5.98. The fourth-order valence-electron chi connectivity index (χ4n) is 2.91. The second-order valence-electron chi connectivity index (χ2n) is 5.85. The maximum absolute atomic E-state index is 11.5. The van der Waals surface area contributed by atoms with Crippen LogP contribution in [0.25, 0.3) is 0 Å². The number of rotatable bonds is 0. The summed E-state index contributed by atoms with van der Waals surface area (Å²) in [4.78, 5) is 11.5. The third-order valence-electron chi connectivity index (χ3n) is 4.37. The van der Waals surface area contributed by atoms with E-state index in [1.807, 2.05) is 0 Å². The van der Waals surface area contributed by atoms with Crippen molar-refractivity contribution in [3.63, 3.8) is 0 Å². The van der Waals surface area contributed by atoms with Crippen LogP contribution in [-0.4, -0.2) is 5.78 Å². The zero-order chi connectivity index (χ0) is 10.4. The van der Waals surface area contributed by atoms with E-state index in [2.05, 4.69) is 20.4 Å². The molecule has 14 heavy (non-hydrogen) atoms. The summed E-state index contributed by atoms with van der Waals surface area (Å²) in [5.74, 6) is 0.324. The zero-order valence-corrected chi connectivity index (χ0v) is 9.36. The Balaban J connectivity index is 2.14. The van der Waals surface area contributed by atoms with Gasteiger partial charge in [-0.1, -0.05) is 20.4 Å². The van der Waals surface area contributed by atoms with Crippen molar-refractivity contribution < 1.29 is 4.79 Å². The molecule has 0 radical (unpaired) electrons. The number of carbonyl (C=O) groups excluding carboxylic acids is 1. The van der Waals surface area contributed by atoms with Crippen molar-refractivity contribution in [3.8, 4) is 0 Å². The van der Waals surface area contributed by atoms with Crippen molar-refractivity contribution in [1.29, 1.82) is 0 Å². The molecule has 0 bridgehead atoms. The minimum Gasteiger partial charge on any atom is -0.295 e. The fourth-order valence-corrected chi connectivity index (χ4v) is 2.91. The second kappa shape index (κ2) is 2.95. The average Bonchev–Trinajstić information content (AvgIpc) is 2.40. The molecule has 0 N–H and O–H groups in total. The predicted octanol–water partition coefficient (Wildman–Crippen LogP) is 3.49. The summed E-state index contributed by atoms with van der Waals surface area (Å²) in [5, 5.41) is 0. The molecule has 0 atom stereocenters. The zero-order valence-electron chi connectivity index (χ0n) is 9.36. The summed E-state index contributed by atoms with van der Waals surface area (Å²) in [5.41, 5.74) is 1.64. The quantitative estimate of drug-likeness (QED) is 0.537. The first kappa shape index (κ1) is 9.95. The summed E-state index contributed by atoms with van der Waals surface area (Å²) < 4.78 is 0. The lowest BCUT2D eigenvalue weighted by atomic mass is 9.63. The summed E-state index contributed by atoms with van der Waals surface area (Å²) in [6.45, 7) is 8.68. The molecule has 0 aromatic heterocycles. The first-order valence-corrected chi connectivity index (χ1v) is 5.68. The van der Waals surface area contributed by atoms with Crippen LogP contribution in [0.15, 0.2) is 12.2 Å². The molecule has 2 saturated carbocycles. The minimum absolute atomic E-state index is 0.215. The van der Waals surface area contributed by atoms with E-state index in [0.717, 1.165) is 18.4 Å². The molecule has 0 saturated heterocycles. The molecule has 1 heteroatoms. The Morgan fingerprint density at radius 1 is 1.07 bits per heavy atom. The molecule has 0 amide bonds. The summed E-state index contributed by atoms with van der Waals surface area (Å²) in [6.07, 6.45) is 6.69. The van der Waals surface area contributed by atoms with Gasteiger partial charge in [0.25, 0.3) is 0 Å². The van der Waals surface area contributed by atoms with Gasteiger partial charge in [-0.3, -0.25) is 4.79 Å². The second-order valence-corrected chi connectivity index (χ2v) is 5.85. The van der Waals surface area contributed by atoms with Crippen molar-refractivity contribution in [2.45, 2.75) is 52.4 Å². The number of Topliss-reactive ketones (excluding diaryl/α,β-unsaturated/α-hetero) is 1. The smallest absolute Gasteiger partial charge is 0.158 e. The van der Waals surface area contributed by atoms with Crippen LogP contribution in [-0.2, 0) is 4.79 Å². The molecule has 0 aromatic rings. The first-order valence-electron chi connectivity index (χ1n) is 5.68. The maximum Gasteiger partial charge on any atom is 0.158 e. The normalized spacial score (nSPS) is 29.9. The van der Waals surface area contributed by atoms with Crippen molar-refractivity contribution in [2.24, 2.45) is 10.8 Å². The highest BCUT2D eigenvalue weighted by Crippen LogP contribution is 2.54. The van der Waals surface area contributed by atoms with Crippen LogP contribution < -0.4 is 0 Å². The Labute approximate surface area is 86.6 Å². The summed E-state index contributed by atoms with van der Waals surface area (Å²) >= 11 is 0. The van der Waals surface area contributed by atoms with Gasteiger partial charge in [-0.2, -0.15) is 0 Å². The van der Waals surface area contributed by atoms with Gasteiger partial charge in [0, 0.05) is 6.42 Å². The standard InChI is InChI=1S/C13H20O/c1-10-11(14)4-5-13(10)8-6-12(2,3)7-9-13/h1,4-9H2,2-3H3. The maximum atomic E-state index is 11.5. The molecule has 1 spiro atoms. The lowest BCUT2D eigenvalue weighted by Crippen LogP contribution is -2.30. The van der Waals surface area contributed by atoms with Crippen LogP contribution in [0.1, 0.15) is 52.4 Å². The molecule has 78 valence electrons. The Hall–Kier alpha value is -0.590. The Morgan fingerprint density at radius 3 is 2.07 bits per heavy atom. The predicted molar refractivity (Wildman–Crippen MR) is 58.1 cm³/mol. The largest absolute Gasteiger partial charge is 0.295 e. The molecule has 1 nitrogen and oxygen atoms in total. The van der Waals surface area contributed by atoms with Crippen LogP contribution in [0.5, 0.6) is 0 Å². The third-order valence-corrected chi connectivity index (χ3v) is 4.37. The Bertz CT molecular complexity index is 276. The van der Waals surface area contributed by atoms with Gasteiger partial charge in [0.1, 0.15) is 0 Å². The topological polar surface area (TPSA) is 17.1 Å². The van der Waals surface area contributed by atoms with Gasteiger partial charge >= 0.3 is 0 Å². The number of hydrogen-bond acceptors (Lipinski definition) is 1. The molecule has 2 fully saturated rings. The third kappa shape index (κ3) is 1.43. The SMILES string of the molecule is C=C1C(=O)CCC12CCC(C)(C)CC2. The van der Waals surface area contributed by atoms with Crippen molar-refractivity contribution in [2.75, 3.05) is 0 Å². The van der Waals surface area contributed by atoms with Crippen LogP contribution >= 0.6 is 0 Å². The highest BCUT2D eigenvalue weighted by atomic mass is 16.1. The number of hydrogen-bond donors (Lipinski definition) is 0. The number of carbonyl (C=O) groups is 1. The lowest BCUT2D eigenvalue weighted by Gasteiger charge is -2.41. The number of ketones is 1. The van der Waals surface area contributed by atoms with E-state index in [1.165, 1.54) is 25.7 Å². The van der Waals surface area contributed by atoms with E-state index in [4.69, 9.17) is 0 Å². The van der Waals surface area contributed by atoms with Gasteiger partial charge in [-0.25, -0.2) is 0 Å². The van der Waals surface area contributed by atoms with Gasteiger partial charge < -0.3 is 0 Å². The van der Waals surface area contributed by atoms with E-state index >= 15 is 0 Å². The van der Waals surface area contributed by atoms with Gasteiger partial charge in [0.05, 0.1) is 0 Å². The van der Waals surface area contributed by atoms with E-state index in [9.17, 15) is 4.79 Å². The fraction of sp³-hybridized carbons (Fsp3) is 0.769. The lowest BCUT2D eigenvalue weighted by molar-refractivity contribution is -0.114. The first-order chi connectivity index (χ1) is 6.45. The van der Waals surface area contributed by atoms with Crippen molar-refractivity contribution >= 4 is 5.78 Å². The van der Waals surface area contributed by atoms with Gasteiger partial charge in [0.2, 0.25) is 0 Å². The van der Waals surface area contributed by atoms with Crippen LogP contribution in [0.2, 0.25) is 0 Å². The molecule has 2 aliphatic rings. The highest BCUT2D eigenvalue weighted by Gasteiger charge is 2.45.